The summed E-state index contributed by atoms with van der Waals surface area (Å²) in [5.41, 5.74) is 1.31. The first-order valence-electron chi connectivity index (χ1n) is 7.02. The van der Waals surface area contributed by atoms with Gasteiger partial charge in [0.2, 0.25) is 0 Å². The number of aromatic nitrogens is 2. The molecule has 5 heteroatoms. The van der Waals surface area contributed by atoms with Gasteiger partial charge >= 0.3 is 0 Å². The molecule has 2 aromatic carbocycles. The van der Waals surface area contributed by atoms with Crippen LogP contribution in [0.1, 0.15) is 6.42 Å². The lowest BCUT2D eigenvalue weighted by molar-refractivity contribution is 0.429. The van der Waals surface area contributed by atoms with Gasteiger partial charge in [-0.1, -0.05) is 41.9 Å². The molecule has 0 spiro atoms. The van der Waals surface area contributed by atoms with E-state index >= 15 is 0 Å². The Morgan fingerprint density at radius 3 is 2.59 bits per heavy atom. The van der Waals surface area contributed by atoms with Gasteiger partial charge < -0.3 is 0 Å². The molecule has 22 heavy (non-hydrogen) atoms. The Labute approximate surface area is 132 Å². The van der Waals surface area contributed by atoms with E-state index in [0.29, 0.717) is 16.1 Å². The topological polar surface area (TPSA) is 34.9 Å². The van der Waals surface area contributed by atoms with E-state index in [-0.39, 0.29) is 18.5 Å². The second-order valence-corrected chi connectivity index (χ2v) is 5.41. The van der Waals surface area contributed by atoms with Gasteiger partial charge in [-0.3, -0.25) is 9.18 Å². The maximum atomic E-state index is 12.4. The highest BCUT2D eigenvalue weighted by atomic mass is 35.5. The Morgan fingerprint density at radius 2 is 1.86 bits per heavy atom. The van der Waals surface area contributed by atoms with Crippen molar-refractivity contribution in [1.82, 2.24) is 9.78 Å². The molecule has 0 bridgehead atoms. The Kier molecular flexibility index (Phi) is 4.20. The molecule has 0 aliphatic carbocycles. The lowest BCUT2D eigenvalue weighted by Gasteiger charge is -2.11. The average molecular weight is 317 g/mol. The molecule has 0 aliphatic rings. The SMILES string of the molecule is O=c1c2ccccc2c(-c2cccc(Cl)c2)nn1CCCF. The largest absolute Gasteiger partial charge is 0.274 e. The van der Waals surface area contributed by atoms with Gasteiger partial charge in [-0.05, 0) is 24.6 Å². The van der Waals surface area contributed by atoms with E-state index in [0.717, 1.165) is 10.9 Å². The molecule has 0 fully saturated rings. The molecule has 3 aromatic rings. The average Bonchev–Trinajstić information content (AvgIpc) is 2.54. The summed E-state index contributed by atoms with van der Waals surface area (Å²) in [6.45, 7) is -0.221. The fourth-order valence-electron chi connectivity index (χ4n) is 2.45. The third kappa shape index (κ3) is 2.74. The van der Waals surface area contributed by atoms with E-state index in [9.17, 15) is 9.18 Å². The fourth-order valence-corrected chi connectivity index (χ4v) is 2.64. The smallest absolute Gasteiger partial charge is 0.267 e. The molecular weight excluding hydrogens is 303 g/mol. The number of hydrogen-bond donors (Lipinski definition) is 0. The summed E-state index contributed by atoms with van der Waals surface area (Å²) in [5, 5.41) is 6.37. The Hall–Kier alpha value is -2.20. The molecule has 3 rings (SSSR count). The van der Waals surface area contributed by atoms with Crippen molar-refractivity contribution in [2.24, 2.45) is 0 Å². The van der Waals surface area contributed by atoms with Gasteiger partial charge in [-0.2, -0.15) is 5.10 Å². The molecule has 0 atom stereocenters. The molecule has 0 aliphatic heterocycles. The van der Waals surface area contributed by atoms with E-state index in [2.05, 4.69) is 5.10 Å². The summed E-state index contributed by atoms with van der Waals surface area (Å²) >= 11 is 6.05. The molecule has 112 valence electrons. The van der Waals surface area contributed by atoms with Crippen LogP contribution in [0.2, 0.25) is 5.02 Å². The molecule has 0 saturated carbocycles. The predicted octanol–water partition coefficient (Wildman–Crippen LogP) is 4.08. The van der Waals surface area contributed by atoms with Gasteiger partial charge in [-0.15, -0.1) is 0 Å². The number of fused-ring (bicyclic) bond motifs is 1. The van der Waals surface area contributed by atoms with E-state index < -0.39 is 6.67 Å². The minimum absolute atomic E-state index is 0.199. The van der Waals surface area contributed by atoms with Crippen molar-refractivity contribution in [2.75, 3.05) is 6.67 Å². The number of hydrogen-bond acceptors (Lipinski definition) is 2. The lowest BCUT2D eigenvalue weighted by atomic mass is 10.1. The molecule has 0 radical (unpaired) electrons. The van der Waals surface area contributed by atoms with Crippen molar-refractivity contribution in [1.29, 1.82) is 0 Å². The maximum Gasteiger partial charge on any atom is 0.274 e. The minimum Gasteiger partial charge on any atom is -0.267 e. The van der Waals surface area contributed by atoms with Crippen LogP contribution in [0.25, 0.3) is 22.0 Å². The summed E-state index contributed by atoms with van der Waals surface area (Å²) < 4.78 is 13.8. The monoisotopic (exact) mass is 316 g/mol. The van der Waals surface area contributed by atoms with Gasteiger partial charge in [-0.25, -0.2) is 4.68 Å². The summed E-state index contributed by atoms with van der Waals surface area (Å²) in [4.78, 5) is 12.4. The van der Waals surface area contributed by atoms with E-state index in [4.69, 9.17) is 11.6 Å². The molecule has 1 aromatic heterocycles. The first kappa shape index (κ1) is 14.7. The summed E-state index contributed by atoms with van der Waals surface area (Å²) in [5.74, 6) is 0. The maximum absolute atomic E-state index is 12.4. The van der Waals surface area contributed by atoms with Crippen molar-refractivity contribution in [3.8, 4) is 11.3 Å². The summed E-state index contributed by atoms with van der Waals surface area (Å²) in [6.07, 6.45) is 0.264. The highest BCUT2D eigenvalue weighted by Gasteiger charge is 2.12. The zero-order valence-electron chi connectivity index (χ0n) is 11.8. The fraction of sp³-hybridized carbons (Fsp3) is 0.176. The second-order valence-electron chi connectivity index (χ2n) is 4.98. The molecule has 1 heterocycles. The van der Waals surface area contributed by atoms with Crippen LogP contribution in [0.3, 0.4) is 0 Å². The van der Waals surface area contributed by atoms with E-state index in [1.807, 2.05) is 30.3 Å². The Bertz CT molecular complexity index is 876. The number of alkyl halides is 1. The Balaban J connectivity index is 2.28. The van der Waals surface area contributed by atoms with Gasteiger partial charge in [0.1, 0.15) is 0 Å². The minimum atomic E-state index is -0.479. The van der Waals surface area contributed by atoms with E-state index in [1.165, 1.54) is 4.68 Å². The van der Waals surface area contributed by atoms with Crippen molar-refractivity contribution in [3.05, 3.63) is 63.9 Å². The van der Waals surface area contributed by atoms with Crippen LogP contribution in [0.5, 0.6) is 0 Å². The van der Waals surface area contributed by atoms with Gasteiger partial charge in [0.15, 0.2) is 0 Å². The van der Waals surface area contributed by atoms with Crippen molar-refractivity contribution in [3.63, 3.8) is 0 Å². The molecule has 3 nitrogen and oxygen atoms in total. The third-order valence-electron chi connectivity index (χ3n) is 3.47. The van der Waals surface area contributed by atoms with Crippen LogP contribution in [-0.2, 0) is 6.54 Å². The number of rotatable bonds is 4. The van der Waals surface area contributed by atoms with Crippen LogP contribution >= 0.6 is 11.6 Å². The van der Waals surface area contributed by atoms with Gasteiger partial charge in [0.25, 0.3) is 5.56 Å². The van der Waals surface area contributed by atoms with Crippen LogP contribution in [0.15, 0.2) is 53.3 Å². The van der Waals surface area contributed by atoms with Crippen molar-refractivity contribution >= 4 is 22.4 Å². The van der Waals surface area contributed by atoms with Crippen LogP contribution in [-0.4, -0.2) is 16.5 Å². The van der Waals surface area contributed by atoms with Crippen LogP contribution in [0.4, 0.5) is 4.39 Å². The normalized spacial score (nSPS) is 11.0. The molecule has 0 N–H and O–H groups in total. The van der Waals surface area contributed by atoms with Crippen molar-refractivity contribution in [2.45, 2.75) is 13.0 Å². The van der Waals surface area contributed by atoms with Gasteiger partial charge in [0, 0.05) is 22.5 Å². The molecule has 0 saturated heterocycles. The second kappa shape index (κ2) is 6.28. The predicted molar refractivity (Wildman–Crippen MR) is 87.0 cm³/mol. The number of aryl methyl sites for hydroxylation is 1. The molecule has 0 unspecified atom stereocenters. The highest BCUT2D eigenvalue weighted by Crippen LogP contribution is 2.26. The molecule has 0 amide bonds. The number of halogens is 2. The van der Waals surface area contributed by atoms with E-state index in [1.54, 1.807) is 18.2 Å². The zero-order chi connectivity index (χ0) is 15.5. The standard InChI is InChI=1S/C17H14ClFN2O/c18-13-6-3-5-12(11-13)16-14-7-1-2-8-15(14)17(22)21(20-16)10-4-9-19/h1-3,5-8,11H,4,9-10H2. The third-order valence-corrected chi connectivity index (χ3v) is 3.70. The first-order valence-corrected chi connectivity index (χ1v) is 7.40. The number of benzene rings is 2. The zero-order valence-corrected chi connectivity index (χ0v) is 12.6. The lowest BCUT2D eigenvalue weighted by Crippen LogP contribution is -2.24. The van der Waals surface area contributed by atoms with Crippen LogP contribution < -0.4 is 5.56 Å². The Morgan fingerprint density at radius 1 is 1.09 bits per heavy atom. The summed E-state index contributed by atoms with van der Waals surface area (Å²) in [6, 6.07) is 14.6. The molecular formula is C17H14ClFN2O. The van der Waals surface area contributed by atoms with Crippen molar-refractivity contribution < 1.29 is 4.39 Å². The quantitative estimate of drug-likeness (QED) is 0.727. The first-order chi connectivity index (χ1) is 10.7. The van der Waals surface area contributed by atoms with Gasteiger partial charge in [0.05, 0.1) is 17.8 Å². The highest BCUT2D eigenvalue weighted by molar-refractivity contribution is 6.30. The number of nitrogens with zero attached hydrogens (tertiary/aromatic N) is 2. The summed E-state index contributed by atoms with van der Waals surface area (Å²) in [7, 11) is 0. The van der Waals surface area contributed by atoms with Crippen LogP contribution in [0, 0.1) is 0 Å².